The quantitative estimate of drug-likeness (QED) is 0.284. The molecule has 0 saturated carbocycles. The molecule has 3 N–H and O–H groups in total. The third kappa shape index (κ3) is 4.65. The van der Waals surface area contributed by atoms with Gasteiger partial charge in [-0.15, -0.1) is 0 Å². The Morgan fingerprint density at radius 1 is 1.08 bits per heavy atom. The first kappa shape index (κ1) is 26.2. The fourth-order valence-corrected chi connectivity index (χ4v) is 5.14. The van der Waals surface area contributed by atoms with Gasteiger partial charge < -0.3 is 11.1 Å². The molecular formula is C24H17F6N4O2P. The van der Waals surface area contributed by atoms with Crippen molar-refractivity contribution in [2.45, 2.75) is 12.4 Å². The van der Waals surface area contributed by atoms with E-state index in [1.807, 2.05) is 0 Å². The van der Waals surface area contributed by atoms with Crippen molar-refractivity contribution >= 4 is 36.8 Å². The molecule has 0 bridgehead atoms. The summed E-state index contributed by atoms with van der Waals surface area (Å²) < 4.78 is 85.0. The zero-order valence-corrected chi connectivity index (χ0v) is 20.0. The highest BCUT2D eigenvalue weighted by molar-refractivity contribution is 7.64. The van der Waals surface area contributed by atoms with Crippen molar-refractivity contribution in [2.75, 3.05) is 13.3 Å². The van der Waals surface area contributed by atoms with Gasteiger partial charge >= 0.3 is 12.4 Å². The predicted molar refractivity (Wildman–Crippen MR) is 127 cm³/mol. The molecule has 0 unspecified atom stereocenters. The van der Waals surface area contributed by atoms with Crippen molar-refractivity contribution < 1.29 is 35.9 Å². The Labute approximate surface area is 207 Å². The summed E-state index contributed by atoms with van der Waals surface area (Å²) in [6, 6.07) is 7.11. The summed E-state index contributed by atoms with van der Waals surface area (Å²) in [4.78, 5) is 23.6. The van der Waals surface area contributed by atoms with Crippen LogP contribution in [0.5, 0.6) is 0 Å². The molecule has 0 radical (unpaired) electrons. The summed E-state index contributed by atoms with van der Waals surface area (Å²) in [7, 11) is -1.21. The van der Waals surface area contributed by atoms with E-state index in [9.17, 15) is 35.9 Å². The van der Waals surface area contributed by atoms with Crippen LogP contribution in [0.4, 0.5) is 26.3 Å². The van der Waals surface area contributed by atoms with Crippen LogP contribution in [0.1, 0.15) is 32.7 Å². The Hall–Kier alpha value is -3.88. The van der Waals surface area contributed by atoms with Gasteiger partial charge in [0.25, 0.3) is 5.91 Å². The van der Waals surface area contributed by atoms with Gasteiger partial charge in [0.2, 0.25) is 0 Å². The fraction of sp³-hybridized carbons (Fsp3) is 0.167. The van der Waals surface area contributed by atoms with Gasteiger partial charge in [-0.1, -0.05) is 32.2 Å². The molecule has 0 fully saturated rings. The average molecular weight is 538 g/mol. The Bertz CT molecular complexity index is 1500. The summed E-state index contributed by atoms with van der Waals surface area (Å²) in [6.45, 7) is 3.21. The molecule has 1 amide bonds. The molecular weight excluding hydrogens is 521 g/mol. The van der Waals surface area contributed by atoms with Gasteiger partial charge in [0, 0.05) is 22.9 Å². The number of aromatic nitrogens is 2. The molecule has 1 aromatic heterocycles. The molecule has 1 aliphatic heterocycles. The van der Waals surface area contributed by atoms with Crippen LogP contribution in [-0.2, 0) is 17.1 Å². The summed E-state index contributed by atoms with van der Waals surface area (Å²) >= 11 is 0. The molecule has 2 heterocycles. The van der Waals surface area contributed by atoms with Gasteiger partial charge in [0.15, 0.2) is 11.6 Å². The van der Waals surface area contributed by atoms with Crippen molar-refractivity contribution in [3.05, 3.63) is 70.5 Å². The van der Waals surface area contributed by atoms with Crippen molar-refractivity contribution in [3.63, 3.8) is 0 Å². The zero-order valence-electron chi connectivity index (χ0n) is 19.1. The summed E-state index contributed by atoms with van der Waals surface area (Å²) in [5.74, 6) is 0.134. The smallest absolute Gasteiger partial charge is 0.365 e. The number of hydrogen-bond acceptors (Lipinski definition) is 4. The van der Waals surface area contributed by atoms with Crippen LogP contribution in [0.3, 0.4) is 0 Å². The average Bonchev–Trinajstić information content (AvgIpc) is 3.24. The third-order valence-corrected chi connectivity index (χ3v) is 6.97. The maximum Gasteiger partial charge on any atom is 0.434 e. The van der Waals surface area contributed by atoms with Gasteiger partial charge in [-0.2, -0.15) is 31.4 Å². The molecule has 1 aliphatic rings. The van der Waals surface area contributed by atoms with Gasteiger partial charge in [-0.3, -0.25) is 4.79 Å². The van der Waals surface area contributed by atoms with Gasteiger partial charge in [-0.05, 0) is 36.8 Å². The van der Waals surface area contributed by atoms with E-state index < -0.39 is 48.7 Å². The lowest BCUT2D eigenvalue weighted by Gasteiger charge is -2.18. The number of carbonyl (C=O) groups is 1. The standard InChI is InChI=1S/C24H17F6N4O2P/c1-37(2)18-7-6-12(10-15(18)23(25,26)27)20-19(22(31)36)21(24(28,29)30)34(33-20)17-5-3-4-13-14(17)8-9-32-16(13)11-35/h3-10,32H,1-2H3,(H2,31,36). The molecule has 37 heavy (non-hydrogen) atoms. The fourth-order valence-electron chi connectivity index (χ4n) is 4.09. The first-order valence-electron chi connectivity index (χ1n) is 10.5. The largest absolute Gasteiger partial charge is 0.434 e. The predicted octanol–water partition coefficient (Wildman–Crippen LogP) is 4.79. The number of amides is 1. The second-order valence-corrected chi connectivity index (χ2v) is 10.4. The second kappa shape index (κ2) is 9.21. The molecule has 0 saturated heterocycles. The Kier molecular flexibility index (Phi) is 6.52. The second-order valence-electron chi connectivity index (χ2n) is 8.16. The number of nitrogens with zero attached hydrogens (tertiary/aromatic N) is 2. The van der Waals surface area contributed by atoms with Gasteiger partial charge in [-0.25, -0.2) is 9.48 Å². The van der Waals surface area contributed by atoms with E-state index in [1.54, 1.807) is 19.3 Å². The Balaban J connectivity index is 2.09. The first-order valence-corrected chi connectivity index (χ1v) is 12.7. The van der Waals surface area contributed by atoms with Crippen molar-refractivity contribution in [1.82, 2.24) is 15.1 Å². The van der Waals surface area contributed by atoms with E-state index in [0.717, 1.165) is 0 Å². The van der Waals surface area contributed by atoms with E-state index >= 15 is 0 Å². The summed E-state index contributed by atoms with van der Waals surface area (Å²) in [5.41, 5.74) is 0.776. The maximum absolute atomic E-state index is 14.4. The monoisotopic (exact) mass is 538 g/mol. The first-order chi connectivity index (χ1) is 17.3. The van der Waals surface area contributed by atoms with E-state index in [2.05, 4.69) is 10.4 Å². The number of hydrogen-bond donors (Lipinski definition) is 2. The van der Waals surface area contributed by atoms with E-state index in [1.165, 1.54) is 42.6 Å². The van der Waals surface area contributed by atoms with Crippen LogP contribution in [0, 0.1) is 0 Å². The highest BCUT2D eigenvalue weighted by atomic mass is 31.1. The normalized spacial score (nSPS) is 13.4. The van der Waals surface area contributed by atoms with Crippen LogP contribution in [0.15, 0.2) is 42.6 Å². The number of carbonyl (C=O) groups excluding carboxylic acids is 2. The number of rotatable bonds is 4. The molecule has 0 spiro atoms. The van der Waals surface area contributed by atoms with Gasteiger partial charge in [0.05, 0.1) is 16.8 Å². The molecule has 0 atom stereocenters. The number of nitrogens with one attached hydrogen (secondary N) is 1. The molecule has 13 heteroatoms. The van der Waals surface area contributed by atoms with E-state index in [4.69, 9.17) is 5.73 Å². The van der Waals surface area contributed by atoms with Crippen LogP contribution in [-0.4, -0.2) is 35.0 Å². The topological polar surface area (TPSA) is 90.0 Å². The van der Waals surface area contributed by atoms with E-state index in [0.29, 0.717) is 10.7 Å². The zero-order chi connectivity index (χ0) is 27.3. The molecule has 3 aromatic rings. The maximum atomic E-state index is 14.4. The molecule has 4 rings (SSSR count). The number of fused-ring (bicyclic) bond motifs is 1. The van der Waals surface area contributed by atoms with Crippen LogP contribution in [0.2, 0.25) is 0 Å². The molecule has 6 nitrogen and oxygen atoms in total. The van der Waals surface area contributed by atoms with Crippen LogP contribution in [0.25, 0.3) is 28.7 Å². The highest BCUT2D eigenvalue weighted by Gasteiger charge is 2.43. The van der Waals surface area contributed by atoms with E-state index in [-0.39, 0.29) is 33.4 Å². The number of primary amides is 1. The highest BCUT2D eigenvalue weighted by Crippen LogP contribution is 2.42. The molecule has 192 valence electrons. The summed E-state index contributed by atoms with van der Waals surface area (Å²) in [6.07, 6.45) is -7.28. The van der Waals surface area contributed by atoms with Crippen molar-refractivity contribution in [3.8, 4) is 16.9 Å². The molecule has 0 aliphatic carbocycles. The molecule has 2 aromatic carbocycles. The Morgan fingerprint density at radius 3 is 2.35 bits per heavy atom. The summed E-state index contributed by atoms with van der Waals surface area (Å²) in [5, 5.41) is 6.58. The lowest BCUT2D eigenvalue weighted by Crippen LogP contribution is -2.22. The lowest BCUT2D eigenvalue weighted by atomic mass is 10.00. The van der Waals surface area contributed by atoms with Crippen molar-refractivity contribution in [1.29, 1.82) is 0 Å². The number of benzene rings is 2. The Morgan fingerprint density at radius 2 is 1.78 bits per heavy atom. The van der Waals surface area contributed by atoms with Crippen LogP contribution >= 0.6 is 7.92 Å². The minimum Gasteiger partial charge on any atom is -0.365 e. The minimum atomic E-state index is -5.17. The lowest BCUT2D eigenvalue weighted by molar-refractivity contribution is -0.143. The minimum absolute atomic E-state index is 0.00898. The number of alkyl halides is 6. The van der Waals surface area contributed by atoms with Crippen molar-refractivity contribution in [2.24, 2.45) is 5.73 Å². The number of nitrogens with two attached hydrogens (primary N) is 1. The third-order valence-electron chi connectivity index (χ3n) is 5.62. The SMILES string of the molecule is CP(C)c1ccc(-c2nn(-c3cccc4c3C=CNC4=C=O)c(C(F)(F)F)c2C(N)=O)cc1C(F)(F)F. The van der Waals surface area contributed by atoms with Gasteiger partial charge in [0.1, 0.15) is 11.4 Å². The number of halogens is 6. The van der Waals surface area contributed by atoms with Crippen LogP contribution < -0.4 is 16.4 Å².